The normalized spacial score (nSPS) is 12.2. The number of nitrogens with zero attached hydrogens (tertiary/aromatic N) is 1. The van der Waals surface area contributed by atoms with Crippen LogP contribution in [0.15, 0.2) is 22.7 Å². The molecular weight excluding hydrogens is 316 g/mol. The second kappa shape index (κ2) is 4.78. The Morgan fingerprint density at radius 3 is 2.82 bits per heavy atom. The van der Waals surface area contributed by atoms with E-state index in [1.165, 1.54) is 0 Å². The van der Waals surface area contributed by atoms with E-state index in [1.54, 1.807) is 0 Å². The molecule has 92 valence electrons. The predicted octanol–water partition coefficient (Wildman–Crippen LogP) is 4.60. The average molecular weight is 331 g/mol. The van der Waals surface area contributed by atoms with Crippen molar-refractivity contribution in [2.24, 2.45) is 0 Å². The van der Waals surface area contributed by atoms with Crippen molar-refractivity contribution < 1.29 is 0 Å². The van der Waals surface area contributed by atoms with Crippen molar-refractivity contribution in [3.8, 4) is 0 Å². The highest BCUT2D eigenvalue weighted by molar-refractivity contribution is 9.10. The molecule has 0 radical (unpaired) electrons. The first-order valence-corrected chi connectivity index (χ1v) is 7.79. The number of hydrogen-bond acceptors (Lipinski definition) is 2. The van der Waals surface area contributed by atoms with Gasteiger partial charge in [-0.1, -0.05) is 15.9 Å². The third-order valence-corrected chi connectivity index (χ3v) is 4.88. The Labute approximate surface area is 119 Å². The molecular formula is C12H15BrN2S2. The molecule has 0 saturated carbocycles. The van der Waals surface area contributed by atoms with Crippen LogP contribution in [0.4, 0.5) is 0 Å². The van der Waals surface area contributed by atoms with Gasteiger partial charge in [-0.15, -0.1) is 0 Å². The Balaban J connectivity index is 2.56. The van der Waals surface area contributed by atoms with Crippen LogP contribution in [-0.4, -0.2) is 20.6 Å². The fraction of sp³-hybridized carbons (Fsp3) is 0.417. The zero-order valence-corrected chi connectivity index (χ0v) is 13.3. The highest BCUT2D eigenvalue weighted by Gasteiger charge is 2.18. The number of thioether (sulfide) groups is 1. The molecule has 2 rings (SSSR count). The molecule has 0 fully saturated rings. The predicted molar refractivity (Wildman–Crippen MR) is 82.4 cm³/mol. The summed E-state index contributed by atoms with van der Waals surface area (Å²) in [7, 11) is 0. The number of fused-ring (bicyclic) bond motifs is 1. The van der Waals surface area contributed by atoms with Gasteiger partial charge in [-0.05, 0) is 50.5 Å². The topological polar surface area (TPSA) is 20.7 Å². The summed E-state index contributed by atoms with van der Waals surface area (Å²) in [5.74, 6) is 0. The van der Waals surface area contributed by atoms with E-state index < -0.39 is 0 Å². The van der Waals surface area contributed by atoms with Crippen LogP contribution in [0.2, 0.25) is 0 Å². The van der Waals surface area contributed by atoms with Gasteiger partial charge in [0.05, 0.1) is 11.0 Å². The van der Waals surface area contributed by atoms with Crippen molar-refractivity contribution in [1.29, 1.82) is 0 Å². The molecule has 0 amide bonds. The molecule has 5 heteroatoms. The van der Waals surface area contributed by atoms with Gasteiger partial charge in [-0.3, -0.25) is 0 Å². The van der Waals surface area contributed by atoms with Crippen LogP contribution < -0.4 is 0 Å². The Kier molecular flexibility index (Phi) is 3.71. The molecule has 0 aliphatic heterocycles. The lowest BCUT2D eigenvalue weighted by Crippen LogP contribution is -2.22. The van der Waals surface area contributed by atoms with Gasteiger partial charge in [0.25, 0.3) is 0 Å². The molecule has 1 aromatic carbocycles. The quantitative estimate of drug-likeness (QED) is 0.830. The second-order valence-corrected chi connectivity index (χ2v) is 7.46. The summed E-state index contributed by atoms with van der Waals surface area (Å²) in [5.41, 5.74) is 2.25. The number of aromatic amines is 1. The van der Waals surface area contributed by atoms with Crippen LogP contribution in [0.5, 0.6) is 0 Å². The van der Waals surface area contributed by atoms with E-state index in [0.29, 0.717) is 0 Å². The summed E-state index contributed by atoms with van der Waals surface area (Å²) in [6.07, 6.45) is 2.13. The Hall–Kier alpha value is -0.260. The molecule has 17 heavy (non-hydrogen) atoms. The van der Waals surface area contributed by atoms with Gasteiger partial charge >= 0.3 is 0 Å². The summed E-state index contributed by atoms with van der Waals surface area (Å²) >= 11 is 10.8. The van der Waals surface area contributed by atoms with E-state index in [2.05, 4.69) is 57.7 Å². The maximum atomic E-state index is 5.39. The Bertz CT molecular complexity index is 598. The maximum Gasteiger partial charge on any atom is 0.178 e. The fourth-order valence-electron chi connectivity index (χ4n) is 1.73. The minimum absolute atomic E-state index is 0.176. The SMILES string of the molecule is CSC(C)(C)Cn1c(=S)[nH]c2ccc(Br)cc21. The molecule has 0 aliphatic carbocycles. The van der Waals surface area contributed by atoms with Crippen molar-refractivity contribution in [3.63, 3.8) is 0 Å². The van der Waals surface area contributed by atoms with E-state index in [9.17, 15) is 0 Å². The van der Waals surface area contributed by atoms with Crippen LogP contribution in [0.1, 0.15) is 13.8 Å². The molecule has 0 atom stereocenters. The largest absolute Gasteiger partial charge is 0.331 e. The monoisotopic (exact) mass is 330 g/mol. The maximum absolute atomic E-state index is 5.39. The Morgan fingerprint density at radius 1 is 1.47 bits per heavy atom. The summed E-state index contributed by atoms with van der Waals surface area (Å²) in [4.78, 5) is 3.25. The molecule has 1 heterocycles. The highest BCUT2D eigenvalue weighted by Crippen LogP contribution is 2.27. The minimum Gasteiger partial charge on any atom is -0.331 e. The van der Waals surface area contributed by atoms with E-state index in [-0.39, 0.29) is 4.75 Å². The third-order valence-electron chi connectivity index (χ3n) is 2.83. The number of hydrogen-bond donors (Lipinski definition) is 1. The van der Waals surface area contributed by atoms with Gasteiger partial charge in [-0.2, -0.15) is 11.8 Å². The number of nitrogens with one attached hydrogen (secondary N) is 1. The first kappa shape index (κ1) is 13.2. The van der Waals surface area contributed by atoms with Gasteiger partial charge in [-0.25, -0.2) is 0 Å². The van der Waals surface area contributed by atoms with Gasteiger partial charge in [0.1, 0.15) is 0 Å². The van der Waals surface area contributed by atoms with Crippen molar-refractivity contribution >= 4 is 50.9 Å². The van der Waals surface area contributed by atoms with E-state index >= 15 is 0 Å². The zero-order valence-electron chi connectivity index (χ0n) is 10.1. The summed E-state index contributed by atoms with van der Waals surface area (Å²) in [6, 6.07) is 6.19. The smallest absolute Gasteiger partial charge is 0.178 e. The van der Waals surface area contributed by atoms with E-state index in [4.69, 9.17) is 12.2 Å². The number of rotatable bonds is 3. The van der Waals surface area contributed by atoms with E-state index in [1.807, 2.05) is 17.8 Å². The molecule has 0 unspecified atom stereocenters. The van der Waals surface area contributed by atoms with Crippen LogP contribution >= 0.6 is 39.9 Å². The van der Waals surface area contributed by atoms with Crippen LogP contribution in [0.25, 0.3) is 11.0 Å². The van der Waals surface area contributed by atoms with Gasteiger partial charge < -0.3 is 9.55 Å². The number of halogens is 1. The lowest BCUT2D eigenvalue weighted by atomic mass is 10.2. The number of aromatic nitrogens is 2. The second-order valence-electron chi connectivity index (χ2n) is 4.64. The zero-order chi connectivity index (χ0) is 12.6. The molecule has 2 nitrogen and oxygen atoms in total. The molecule has 1 aromatic heterocycles. The first-order valence-electron chi connectivity index (χ1n) is 5.36. The lowest BCUT2D eigenvalue weighted by molar-refractivity contribution is 0.574. The number of imidazole rings is 1. The molecule has 2 aromatic rings. The lowest BCUT2D eigenvalue weighted by Gasteiger charge is -2.22. The van der Waals surface area contributed by atoms with Crippen LogP contribution in [0, 0.1) is 4.77 Å². The summed E-state index contributed by atoms with van der Waals surface area (Å²) < 4.78 is 4.22. The third kappa shape index (κ3) is 2.77. The van der Waals surface area contributed by atoms with E-state index in [0.717, 1.165) is 26.8 Å². The van der Waals surface area contributed by atoms with Crippen LogP contribution in [-0.2, 0) is 6.54 Å². The fourth-order valence-corrected chi connectivity index (χ4v) is 2.61. The molecule has 1 N–H and O–H groups in total. The standard InChI is InChI=1S/C12H15BrN2S2/c1-12(2,17-3)7-15-10-6-8(13)4-5-9(10)14-11(15)16/h4-6H,7H2,1-3H3,(H,14,16). The molecule has 0 spiro atoms. The van der Waals surface area contributed by atoms with Crippen LogP contribution in [0.3, 0.4) is 0 Å². The summed E-state index contributed by atoms with van der Waals surface area (Å²) in [5, 5.41) is 0. The first-order chi connectivity index (χ1) is 7.93. The summed E-state index contributed by atoms with van der Waals surface area (Å²) in [6.45, 7) is 5.37. The number of benzene rings is 1. The van der Waals surface area contributed by atoms with Gasteiger partial charge in [0.2, 0.25) is 0 Å². The van der Waals surface area contributed by atoms with Crippen molar-refractivity contribution in [2.45, 2.75) is 25.1 Å². The van der Waals surface area contributed by atoms with Gasteiger partial charge in [0.15, 0.2) is 4.77 Å². The van der Waals surface area contributed by atoms with Crippen molar-refractivity contribution in [1.82, 2.24) is 9.55 Å². The molecule has 0 saturated heterocycles. The highest BCUT2D eigenvalue weighted by atomic mass is 79.9. The Morgan fingerprint density at radius 2 is 2.18 bits per heavy atom. The molecule has 0 bridgehead atoms. The molecule has 0 aliphatic rings. The van der Waals surface area contributed by atoms with Gasteiger partial charge in [0, 0.05) is 15.8 Å². The average Bonchev–Trinajstić information content (AvgIpc) is 2.56. The number of H-pyrrole nitrogens is 1. The van der Waals surface area contributed by atoms with Crippen molar-refractivity contribution in [3.05, 3.63) is 27.4 Å². The van der Waals surface area contributed by atoms with Crippen molar-refractivity contribution in [2.75, 3.05) is 6.26 Å². The minimum atomic E-state index is 0.176.